The summed E-state index contributed by atoms with van der Waals surface area (Å²) in [5.41, 5.74) is -0.520. The van der Waals surface area contributed by atoms with Crippen molar-refractivity contribution in [3.63, 3.8) is 0 Å². The van der Waals surface area contributed by atoms with Crippen molar-refractivity contribution in [2.24, 2.45) is 0 Å². The molecule has 1 aliphatic carbocycles. The first-order valence-corrected chi connectivity index (χ1v) is 5.47. The van der Waals surface area contributed by atoms with Gasteiger partial charge in [0.2, 0.25) is 0 Å². The molecule has 1 aliphatic rings. The van der Waals surface area contributed by atoms with Crippen LogP contribution in [0.15, 0.2) is 0 Å². The molecule has 1 saturated carbocycles. The van der Waals surface area contributed by atoms with Gasteiger partial charge in [-0.15, -0.1) is 0 Å². The lowest BCUT2D eigenvalue weighted by atomic mass is 9.81. The molecule has 0 aromatic carbocycles. The number of rotatable bonds is 4. The van der Waals surface area contributed by atoms with Gasteiger partial charge in [0.05, 0.1) is 0 Å². The Morgan fingerprint density at radius 2 is 1.75 bits per heavy atom. The van der Waals surface area contributed by atoms with E-state index in [1.807, 2.05) is 0 Å². The highest BCUT2D eigenvalue weighted by molar-refractivity contribution is 4.81. The van der Waals surface area contributed by atoms with Crippen LogP contribution in [0.4, 0.5) is 0 Å². The predicted octanol–water partition coefficient (Wildman–Crippen LogP) is 3.70. The van der Waals surface area contributed by atoms with Crippen LogP contribution in [0.25, 0.3) is 0 Å². The molecular weight excluding hydrogens is 148 g/mol. The standard InChI is InChI=1S/C11H21O/c1-2-3-5-8-11(12)9-6-4-7-10-11/h2-10H2,1H3. The van der Waals surface area contributed by atoms with Gasteiger partial charge in [-0.2, -0.15) is 0 Å². The second-order valence-corrected chi connectivity index (χ2v) is 4.20. The van der Waals surface area contributed by atoms with E-state index in [1.165, 1.54) is 32.1 Å². The summed E-state index contributed by atoms with van der Waals surface area (Å²) in [7, 11) is 0. The van der Waals surface area contributed by atoms with Crippen LogP contribution in [0.2, 0.25) is 0 Å². The Labute approximate surface area is 76.2 Å². The summed E-state index contributed by atoms with van der Waals surface area (Å²) < 4.78 is 0. The van der Waals surface area contributed by atoms with Crippen LogP contribution in [0.1, 0.15) is 64.7 Å². The maximum atomic E-state index is 12.0. The summed E-state index contributed by atoms with van der Waals surface area (Å²) in [5.74, 6) is 0. The van der Waals surface area contributed by atoms with Crippen molar-refractivity contribution < 1.29 is 5.11 Å². The van der Waals surface area contributed by atoms with Crippen molar-refractivity contribution in [1.29, 1.82) is 0 Å². The molecule has 0 aromatic heterocycles. The monoisotopic (exact) mass is 169 g/mol. The van der Waals surface area contributed by atoms with Crippen molar-refractivity contribution in [3.05, 3.63) is 0 Å². The minimum Gasteiger partial charge on any atom is -0.229 e. The highest BCUT2D eigenvalue weighted by Gasteiger charge is 2.30. The largest absolute Gasteiger partial charge is 0.229 e. The molecule has 0 atom stereocenters. The average molecular weight is 169 g/mol. The van der Waals surface area contributed by atoms with E-state index in [-0.39, 0.29) is 0 Å². The summed E-state index contributed by atoms with van der Waals surface area (Å²) >= 11 is 0. The zero-order chi connectivity index (χ0) is 8.86. The molecule has 1 nitrogen and oxygen atoms in total. The molecule has 12 heavy (non-hydrogen) atoms. The molecule has 1 fully saturated rings. The zero-order valence-corrected chi connectivity index (χ0v) is 8.27. The fourth-order valence-corrected chi connectivity index (χ4v) is 2.14. The molecule has 0 aliphatic heterocycles. The highest BCUT2D eigenvalue weighted by atomic mass is 16.3. The lowest BCUT2D eigenvalue weighted by molar-refractivity contribution is -0.0660. The lowest BCUT2D eigenvalue weighted by Crippen LogP contribution is -2.29. The van der Waals surface area contributed by atoms with E-state index in [0.717, 1.165) is 25.7 Å². The first kappa shape index (κ1) is 10.0. The summed E-state index contributed by atoms with van der Waals surface area (Å²) in [5, 5.41) is 12.0. The molecule has 1 heteroatoms. The van der Waals surface area contributed by atoms with Gasteiger partial charge in [-0.3, -0.25) is 0 Å². The van der Waals surface area contributed by atoms with E-state index in [0.29, 0.717) is 0 Å². The molecule has 0 N–H and O–H groups in total. The molecule has 0 heterocycles. The van der Waals surface area contributed by atoms with Gasteiger partial charge in [-0.05, 0) is 19.3 Å². The number of hydrogen-bond acceptors (Lipinski definition) is 0. The van der Waals surface area contributed by atoms with Gasteiger partial charge in [0.1, 0.15) is 5.60 Å². The molecular formula is C11H21O. The maximum Gasteiger partial charge on any atom is 0.104 e. The summed E-state index contributed by atoms with van der Waals surface area (Å²) in [6.45, 7) is 2.19. The van der Waals surface area contributed by atoms with Crippen molar-refractivity contribution in [1.82, 2.24) is 0 Å². The number of unbranched alkanes of at least 4 members (excludes halogenated alkanes) is 2. The fraction of sp³-hybridized carbons (Fsp3) is 1.00. The van der Waals surface area contributed by atoms with Crippen LogP contribution in [0.3, 0.4) is 0 Å². The molecule has 0 aromatic rings. The third kappa shape index (κ3) is 3.14. The minimum atomic E-state index is -0.520. The smallest absolute Gasteiger partial charge is 0.104 e. The topological polar surface area (TPSA) is 19.9 Å². The summed E-state index contributed by atoms with van der Waals surface area (Å²) in [4.78, 5) is 0. The Bertz CT molecular complexity index is 114. The van der Waals surface area contributed by atoms with Crippen LogP contribution in [-0.4, -0.2) is 5.60 Å². The molecule has 1 radical (unpaired) electrons. The quantitative estimate of drug-likeness (QED) is 0.572. The van der Waals surface area contributed by atoms with Crippen molar-refractivity contribution >= 4 is 0 Å². The number of hydrogen-bond donors (Lipinski definition) is 0. The first-order chi connectivity index (χ1) is 5.77. The van der Waals surface area contributed by atoms with Gasteiger partial charge in [-0.25, -0.2) is 5.11 Å². The van der Waals surface area contributed by atoms with Crippen molar-refractivity contribution in [2.75, 3.05) is 0 Å². The molecule has 71 valence electrons. The van der Waals surface area contributed by atoms with Crippen LogP contribution in [-0.2, 0) is 5.11 Å². The van der Waals surface area contributed by atoms with Crippen LogP contribution in [0, 0.1) is 0 Å². The van der Waals surface area contributed by atoms with E-state index < -0.39 is 5.60 Å². The van der Waals surface area contributed by atoms with Gasteiger partial charge < -0.3 is 0 Å². The third-order valence-electron chi connectivity index (χ3n) is 3.00. The fourth-order valence-electron chi connectivity index (χ4n) is 2.14. The van der Waals surface area contributed by atoms with Gasteiger partial charge in [0, 0.05) is 0 Å². The Balaban J connectivity index is 2.17. The minimum absolute atomic E-state index is 0.520. The maximum absolute atomic E-state index is 12.0. The van der Waals surface area contributed by atoms with E-state index >= 15 is 0 Å². The SMILES string of the molecule is CCCCCC1([O])CCCCC1. The second-order valence-electron chi connectivity index (χ2n) is 4.20. The van der Waals surface area contributed by atoms with Gasteiger partial charge in [-0.1, -0.05) is 45.4 Å². The van der Waals surface area contributed by atoms with Crippen molar-refractivity contribution in [2.45, 2.75) is 70.3 Å². The van der Waals surface area contributed by atoms with E-state index in [4.69, 9.17) is 0 Å². The van der Waals surface area contributed by atoms with Crippen molar-refractivity contribution in [3.8, 4) is 0 Å². The Hall–Kier alpha value is -0.0400. The normalized spacial score (nSPS) is 22.5. The van der Waals surface area contributed by atoms with E-state index in [2.05, 4.69) is 6.92 Å². The van der Waals surface area contributed by atoms with Gasteiger partial charge in [0.15, 0.2) is 0 Å². The van der Waals surface area contributed by atoms with Gasteiger partial charge in [0.25, 0.3) is 0 Å². The predicted molar refractivity (Wildman–Crippen MR) is 50.6 cm³/mol. The van der Waals surface area contributed by atoms with Crippen LogP contribution in [0.5, 0.6) is 0 Å². The zero-order valence-electron chi connectivity index (χ0n) is 8.27. The Morgan fingerprint density at radius 3 is 2.33 bits per heavy atom. The summed E-state index contributed by atoms with van der Waals surface area (Å²) in [6, 6.07) is 0. The van der Waals surface area contributed by atoms with E-state index in [9.17, 15) is 5.11 Å². The molecule has 0 amide bonds. The van der Waals surface area contributed by atoms with E-state index in [1.54, 1.807) is 0 Å². The molecule has 0 bridgehead atoms. The Kier molecular flexibility index (Phi) is 4.07. The van der Waals surface area contributed by atoms with Gasteiger partial charge >= 0.3 is 0 Å². The second kappa shape index (κ2) is 4.86. The average Bonchev–Trinajstić information content (AvgIpc) is 2.06. The highest BCUT2D eigenvalue weighted by Crippen LogP contribution is 2.32. The van der Waals surface area contributed by atoms with Crippen LogP contribution >= 0.6 is 0 Å². The molecule has 1 rings (SSSR count). The van der Waals surface area contributed by atoms with Crippen LogP contribution < -0.4 is 0 Å². The lowest BCUT2D eigenvalue weighted by Gasteiger charge is -2.29. The molecule has 0 spiro atoms. The third-order valence-corrected chi connectivity index (χ3v) is 3.00. The molecule has 0 unspecified atom stereocenters. The first-order valence-electron chi connectivity index (χ1n) is 5.47. The Morgan fingerprint density at radius 1 is 1.08 bits per heavy atom. The summed E-state index contributed by atoms with van der Waals surface area (Å²) in [6.07, 6.45) is 10.1. The molecule has 0 saturated heterocycles.